The Kier molecular flexibility index (Phi) is 6.68. The molecule has 0 aliphatic heterocycles. The molecule has 0 aromatic heterocycles. The van der Waals surface area contributed by atoms with Crippen LogP contribution in [-0.2, 0) is 4.79 Å². The Labute approximate surface area is 136 Å². The van der Waals surface area contributed by atoms with Crippen LogP contribution in [0.1, 0.15) is 30.6 Å². The lowest BCUT2D eigenvalue weighted by atomic mass is 10.0. The van der Waals surface area contributed by atoms with Crippen molar-refractivity contribution in [3.63, 3.8) is 0 Å². The van der Waals surface area contributed by atoms with Gasteiger partial charge >= 0.3 is 0 Å². The van der Waals surface area contributed by atoms with E-state index in [9.17, 15) is 9.59 Å². The molecule has 110 valence electrons. The summed E-state index contributed by atoms with van der Waals surface area (Å²) >= 11 is 6.68. The van der Waals surface area contributed by atoms with Crippen LogP contribution in [0.4, 0.5) is 0 Å². The second-order valence-corrected chi connectivity index (χ2v) is 6.66. The van der Waals surface area contributed by atoms with Crippen molar-refractivity contribution in [2.75, 3.05) is 7.05 Å². The summed E-state index contributed by atoms with van der Waals surface area (Å²) < 4.78 is 1.50. The first kappa shape index (κ1) is 17.2. The second-order valence-electron chi connectivity index (χ2n) is 4.89. The first-order valence-corrected chi connectivity index (χ1v) is 7.91. The number of halogens is 2. The number of benzene rings is 1. The molecule has 0 radical (unpaired) electrons. The molecule has 0 fully saturated rings. The zero-order chi connectivity index (χ0) is 15.3. The largest absolute Gasteiger partial charge is 0.357 e. The van der Waals surface area contributed by atoms with Crippen molar-refractivity contribution in [1.29, 1.82) is 0 Å². The van der Waals surface area contributed by atoms with E-state index in [-0.39, 0.29) is 11.8 Å². The van der Waals surface area contributed by atoms with Crippen LogP contribution in [0.3, 0.4) is 0 Å². The summed E-state index contributed by atoms with van der Waals surface area (Å²) in [7, 11) is 1.57. The van der Waals surface area contributed by atoms with Crippen molar-refractivity contribution in [1.82, 2.24) is 10.6 Å². The first-order chi connectivity index (χ1) is 9.35. The summed E-state index contributed by atoms with van der Waals surface area (Å²) in [6.45, 7) is 4.02. The number of carbonyl (C=O) groups is 2. The minimum absolute atomic E-state index is 0.182. The smallest absolute Gasteiger partial charge is 0.253 e. The van der Waals surface area contributed by atoms with Gasteiger partial charge in [-0.05, 0) is 46.5 Å². The summed E-state index contributed by atoms with van der Waals surface area (Å²) in [5, 5.41) is 5.36. The van der Waals surface area contributed by atoms with Crippen molar-refractivity contribution >= 4 is 43.7 Å². The molecule has 0 heterocycles. The van der Waals surface area contributed by atoms with Crippen LogP contribution in [0.15, 0.2) is 27.1 Å². The summed E-state index contributed by atoms with van der Waals surface area (Å²) in [5.41, 5.74) is 0.497. The quantitative estimate of drug-likeness (QED) is 0.790. The van der Waals surface area contributed by atoms with Gasteiger partial charge in [-0.15, -0.1) is 0 Å². The normalized spacial score (nSPS) is 12.1. The van der Waals surface area contributed by atoms with Gasteiger partial charge in [0.1, 0.15) is 6.04 Å². The third-order valence-corrected chi connectivity index (χ3v) is 3.93. The standard InChI is InChI=1S/C14H18Br2N2O2/c1-8(2)6-12(14(20)17-3)18-13(19)10-7-9(15)4-5-11(10)16/h4-5,7-8,12H,6H2,1-3H3,(H,17,20)(H,18,19). The first-order valence-electron chi connectivity index (χ1n) is 6.32. The van der Waals surface area contributed by atoms with Gasteiger partial charge in [0, 0.05) is 16.0 Å². The lowest BCUT2D eigenvalue weighted by molar-refractivity contribution is -0.122. The van der Waals surface area contributed by atoms with E-state index in [0.29, 0.717) is 22.4 Å². The van der Waals surface area contributed by atoms with Crippen LogP contribution in [0.25, 0.3) is 0 Å². The van der Waals surface area contributed by atoms with Crippen molar-refractivity contribution in [3.05, 3.63) is 32.7 Å². The number of hydrogen-bond acceptors (Lipinski definition) is 2. The number of rotatable bonds is 5. The number of hydrogen-bond donors (Lipinski definition) is 2. The molecule has 0 aliphatic carbocycles. The Morgan fingerprint density at radius 2 is 1.90 bits per heavy atom. The van der Waals surface area contributed by atoms with Crippen molar-refractivity contribution in [2.24, 2.45) is 5.92 Å². The summed E-state index contributed by atoms with van der Waals surface area (Å²) in [6, 6.07) is 4.82. The fraction of sp³-hybridized carbons (Fsp3) is 0.429. The van der Waals surface area contributed by atoms with E-state index in [1.165, 1.54) is 0 Å². The van der Waals surface area contributed by atoms with Gasteiger partial charge in [-0.3, -0.25) is 9.59 Å². The van der Waals surface area contributed by atoms with Crippen molar-refractivity contribution in [3.8, 4) is 0 Å². The predicted molar refractivity (Wildman–Crippen MR) is 86.6 cm³/mol. The van der Waals surface area contributed by atoms with Crippen LogP contribution < -0.4 is 10.6 Å². The van der Waals surface area contributed by atoms with Gasteiger partial charge in [0.05, 0.1) is 5.56 Å². The van der Waals surface area contributed by atoms with Gasteiger partial charge < -0.3 is 10.6 Å². The molecule has 2 N–H and O–H groups in total. The molecule has 1 atom stereocenters. The van der Waals surface area contributed by atoms with Gasteiger partial charge in [0.15, 0.2) is 0 Å². The van der Waals surface area contributed by atoms with Crippen LogP contribution in [0.5, 0.6) is 0 Å². The second kappa shape index (κ2) is 7.78. The van der Waals surface area contributed by atoms with E-state index >= 15 is 0 Å². The molecule has 0 bridgehead atoms. The van der Waals surface area contributed by atoms with Gasteiger partial charge in [0.2, 0.25) is 5.91 Å². The molecule has 2 amide bonds. The summed E-state index contributed by atoms with van der Waals surface area (Å²) in [6.07, 6.45) is 0.594. The minimum Gasteiger partial charge on any atom is -0.357 e. The van der Waals surface area contributed by atoms with Crippen LogP contribution in [-0.4, -0.2) is 24.9 Å². The van der Waals surface area contributed by atoms with Gasteiger partial charge in [-0.2, -0.15) is 0 Å². The number of carbonyl (C=O) groups excluding carboxylic acids is 2. The van der Waals surface area contributed by atoms with Gasteiger partial charge in [0.25, 0.3) is 5.91 Å². The maximum Gasteiger partial charge on any atom is 0.253 e. The Balaban J connectivity index is 2.90. The molecular weight excluding hydrogens is 388 g/mol. The van der Waals surface area contributed by atoms with E-state index in [1.807, 2.05) is 19.9 Å². The van der Waals surface area contributed by atoms with E-state index < -0.39 is 6.04 Å². The van der Waals surface area contributed by atoms with Crippen molar-refractivity contribution < 1.29 is 9.59 Å². The lowest BCUT2D eigenvalue weighted by Gasteiger charge is -2.19. The highest BCUT2D eigenvalue weighted by Crippen LogP contribution is 2.21. The zero-order valence-electron chi connectivity index (χ0n) is 11.7. The Bertz CT molecular complexity index is 504. The molecule has 0 saturated heterocycles. The molecule has 1 aromatic carbocycles. The van der Waals surface area contributed by atoms with Gasteiger partial charge in [-0.1, -0.05) is 29.8 Å². The van der Waals surface area contributed by atoms with E-state index in [0.717, 1.165) is 4.47 Å². The topological polar surface area (TPSA) is 58.2 Å². The molecule has 1 unspecified atom stereocenters. The van der Waals surface area contributed by atoms with E-state index in [4.69, 9.17) is 0 Å². The minimum atomic E-state index is -0.529. The molecule has 1 rings (SSSR count). The molecular formula is C14H18Br2N2O2. The fourth-order valence-electron chi connectivity index (χ4n) is 1.78. The predicted octanol–water partition coefficient (Wildman–Crippen LogP) is 3.10. The highest BCUT2D eigenvalue weighted by molar-refractivity contribution is 9.11. The highest BCUT2D eigenvalue weighted by atomic mass is 79.9. The molecule has 4 nitrogen and oxygen atoms in total. The molecule has 6 heteroatoms. The number of amides is 2. The third kappa shape index (κ3) is 4.90. The monoisotopic (exact) mass is 404 g/mol. The highest BCUT2D eigenvalue weighted by Gasteiger charge is 2.22. The Hall–Kier alpha value is -0.880. The van der Waals surface area contributed by atoms with Crippen molar-refractivity contribution in [2.45, 2.75) is 26.3 Å². The maximum atomic E-state index is 12.3. The molecule has 0 spiro atoms. The molecule has 20 heavy (non-hydrogen) atoms. The maximum absolute atomic E-state index is 12.3. The summed E-state index contributed by atoms with van der Waals surface area (Å²) in [5.74, 6) is -0.144. The van der Waals surface area contributed by atoms with Crippen LogP contribution >= 0.6 is 31.9 Å². The van der Waals surface area contributed by atoms with Gasteiger partial charge in [-0.25, -0.2) is 0 Å². The lowest BCUT2D eigenvalue weighted by Crippen LogP contribution is -2.46. The average Bonchev–Trinajstić information content (AvgIpc) is 2.39. The van der Waals surface area contributed by atoms with Crippen LogP contribution in [0.2, 0.25) is 0 Å². The fourth-order valence-corrected chi connectivity index (χ4v) is 2.57. The average molecular weight is 406 g/mol. The van der Waals surface area contributed by atoms with E-state index in [1.54, 1.807) is 19.2 Å². The number of likely N-dealkylation sites (N-methyl/N-ethyl adjacent to an activating group) is 1. The Morgan fingerprint density at radius 3 is 2.45 bits per heavy atom. The summed E-state index contributed by atoms with van der Waals surface area (Å²) in [4.78, 5) is 24.1. The molecule has 1 aromatic rings. The SMILES string of the molecule is CNC(=O)C(CC(C)C)NC(=O)c1cc(Br)ccc1Br. The third-order valence-electron chi connectivity index (χ3n) is 2.75. The van der Waals surface area contributed by atoms with E-state index in [2.05, 4.69) is 42.5 Å². The molecule has 0 saturated carbocycles. The van der Waals surface area contributed by atoms with Crippen LogP contribution in [0, 0.1) is 5.92 Å². The number of nitrogens with one attached hydrogen (secondary N) is 2. The Morgan fingerprint density at radius 1 is 1.25 bits per heavy atom. The molecule has 0 aliphatic rings. The zero-order valence-corrected chi connectivity index (χ0v) is 14.8.